The van der Waals surface area contributed by atoms with Gasteiger partial charge >= 0.3 is 0 Å². The van der Waals surface area contributed by atoms with Gasteiger partial charge in [0.1, 0.15) is 12.4 Å². The summed E-state index contributed by atoms with van der Waals surface area (Å²) in [4.78, 5) is 11.6. The molecule has 0 aromatic heterocycles. The molecule has 4 heteroatoms. The van der Waals surface area contributed by atoms with E-state index in [1.807, 2.05) is 0 Å². The molecule has 1 amide bonds. The SMILES string of the molecule is CCCCCC(=O)Nc1ccc(C#CCO)c(F)c1. The third-order valence-electron chi connectivity index (χ3n) is 2.56. The summed E-state index contributed by atoms with van der Waals surface area (Å²) in [5.41, 5.74) is 0.631. The number of carbonyl (C=O) groups excluding carboxylic acids is 1. The molecular weight excluding hydrogens is 245 g/mol. The summed E-state index contributed by atoms with van der Waals surface area (Å²) in [7, 11) is 0. The lowest BCUT2D eigenvalue weighted by Crippen LogP contribution is -2.11. The van der Waals surface area contributed by atoms with E-state index < -0.39 is 5.82 Å². The van der Waals surface area contributed by atoms with Crippen molar-refractivity contribution in [3.63, 3.8) is 0 Å². The highest BCUT2D eigenvalue weighted by molar-refractivity contribution is 5.90. The van der Waals surface area contributed by atoms with Crippen molar-refractivity contribution in [3.8, 4) is 11.8 Å². The molecule has 0 aliphatic heterocycles. The molecule has 2 N–H and O–H groups in total. The maximum Gasteiger partial charge on any atom is 0.224 e. The largest absolute Gasteiger partial charge is 0.384 e. The summed E-state index contributed by atoms with van der Waals surface area (Å²) in [6.07, 6.45) is 3.35. The van der Waals surface area contributed by atoms with Crippen molar-refractivity contribution in [2.24, 2.45) is 0 Å². The zero-order chi connectivity index (χ0) is 14.1. The lowest BCUT2D eigenvalue weighted by molar-refractivity contribution is -0.116. The predicted molar refractivity (Wildman–Crippen MR) is 73.1 cm³/mol. The van der Waals surface area contributed by atoms with Crippen LogP contribution in [-0.2, 0) is 4.79 Å². The number of hydrogen-bond donors (Lipinski definition) is 2. The Morgan fingerprint density at radius 3 is 2.84 bits per heavy atom. The van der Waals surface area contributed by atoms with Crippen LogP contribution in [0.3, 0.4) is 0 Å². The molecule has 0 bridgehead atoms. The van der Waals surface area contributed by atoms with Gasteiger partial charge < -0.3 is 10.4 Å². The van der Waals surface area contributed by atoms with Gasteiger partial charge in [-0.3, -0.25) is 4.79 Å². The molecule has 19 heavy (non-hydrogen) atoms. The minimum Gasteiger partial charge on any atom is -0.384 e. The minimum absolute atomic E-state index is 0.109. The Morgan fingerprint density at radius 2 is 2.21 bits per heavy atom. The monoisotopic (exact) mass is 263 g/mol. The topological polar surface area (TPSA) is 49.3 Å². The molecule has 3 nitrogen and oxygen atoms in total. The van der Waals surface area contributed by atoms with Crippen LogP contribution in [0.15, 0.2) is 18.2 Å². The fourth-order valence-corrected chi connectivity index (χ4v) is 1.59. The van der Waals surface area contributed by atoms with Gasteiger partial charge in [-0.1, -0.05) is 31.6 Å². The Balaban J connectivity index is 2.60. The summed E-state index contributed by atoms with van der Waals surface area (Å²) >= 11 is 0. The number of aliphatic hydroxyl groups excluding tert-OH is 1. The van der Waals surface area contributed by atoms with Gasteiger partial charge in [0.25, 0.3) is 0 Å². The van der Waals surface area contributed by atoms with E-state index >= 15 is 0 Å². The first-order valence-corrected chi connectivity index (χ1v) is 6.36. The number of carbonyl (C=O) groups is 1. The molecule has 1 rings (SSSR count). The first-order valence-electron chi connectivity index (χ1n) is 6.36. The van der Waals surface area contributed by atoms with Crippen LogP contribution < -0.4 is 5.32 Å². The first kappa shape index (κ1) is 15.2. The number of nitrogens with one attached hydrogen (secondary N) is 1. The van der Waals surface area contributed by atoms with E-state index in [-0.39, 0.29) is 18.1 Å². The normalized spacial score (nSPS) is 9.63. The fourth-order valence-electron chi connectivity index (χ4n) is 1.59. The zero-order valence-corrected chi connectivity index (χ0v) is 11.0. The van der Waals surface area contributed by atoms with Crippen LogP contribution in [0.2, 0.25) is 0 Å². The molecular formula is C15H18FNO2. The third kappa shape index (κ3) is 5.54. The van der Waals surface area contributed by atoms with E-state index in [0.29, 0.717) is 12.1 Å². The van der Waals surface area contributed by atoms with Gasteiger partial charge in [0.2, 0.25) is 5.91 Å². The molecule has 0 saturated carbocycles. The molecule has 0 unspecified atom stereocenters. The third-order valence-corrected chi connectivity index (χ3v) is 2.56. The van der Waals surface area contributed by atoms with Gasteiger partial charge in [-0.05, 0) is 24.6 Å². The van der Waals surface area contributed by atoms with E-state index in [9.17, 15) is 9.18 Å². The molecule has 1 aromatic carbocycles. The van der Waals surface area contributed by atoms with Crippen molar-refractivity contribution < 1.29 is 14.3 Å². The molecule has 0 saturated heterocycles. The number of hydrogen-bond acceptors (Lipinski definition) is 2. The Labute approximate surface area is 112 Å². The van der Waals surface area contributed by atoms with E-state index in [0.717, 1.165) is 19.3 Å². The second kappa shape index (κ2) is 8.28. The Kier molecular flexibility index (Phi) is 6.62. The van der Waals surface area contributed by atoms with E-state index in [4.69, 9.17) is 5.11 Å². The van der Waals surface area contributed by atoms with Crippen LogP contribution >= 0.6 is 0 Å². The molecule has 102 valence electrons. The van der Waals surface area contributed by atoms with Crippen molar-refractivity contribution in [1.82, 2.24) is 0 Å². The lowest BCUT2D eigenvalue weighted by atomic mass is 10.1. The fraction of sp³-hybridized carbons (Fsp3) is 0.400. The highest BCUT2D eigenvalue weighted by Crippen LogP contribution is 2.14. The van der Waals surface area contributed by atoms with Crippen molar-refractivity contribution in [2.75, 3.05) is 11.9 Å². The maximum absolute atomic E-state index is 13.6. The number of anilines is 1. The molecule has 0 fully saturated rings. The number of halogens is 1. The van der Waals surface area contributed by atoms with Gasteiger partial charge in [0.05, 0.1) is 5.56 Å². The second-order valence-electron chi connectivity index (χ2n) is 4.16. The van der Waals surface area contributed by atoms with E-state index in [2.05, 4.69) is 24.1 Å². The standard InChI is InChI=1S/C15H18FNO2/c1-2-3-4-7-15(19)17-13-9-8-12(6-5-10-18)14(16)11-13/h8-9,11,18H,2-4,7,10H2,1H3,(H,17,19). The van der Waals surface area contributed by atoms with Crippen LogP contribution in [-0.4, -0.2) is 17.6 Å². The number of aliphatic hydroxyl groups is 1. The van der Waals surface area contributed by atoms with E-state index in [1.54, 1.807) is 6.07 Å². The molecule has 0 aliphatic carbocycles. The van der Waals surface area contributed by atoms with Gasteiger partial charge in [0.15, 0.2) is 0 Å². The van der Waals surface area contributed by atoms with Gasteiger partial charge in [-0.25, -0.2) is 4.39 Å². The van der Waals surface area contributed by atoms with Gasteiger partial charge in [-0.2, -0.15) is 0 Å². The second-order valence-corrected chi connectivity index (χ2v) is 4.16. The highest BCUT2D eigenvalue weighted by atomic mass is 19.1. The number of benzene rings is 1. The summed E-state index contributed by atoms with van der Waals surface area (Å²) in [5, 5.41) is 11.2. The van der Waals surface area contributed by atoms with Crippen LogP contribution in [0.4, 0.5) is 10.1 Å². The number of rotatable bonds is 5. The summed E-state index contributed by atoms with van der Waals surface area (Å²) in [5.74, 6) is 4.26. The van der Waals surface area contributed by atoms with Gasteiger partial charge in [0, 0.05) is 12.1 Å². The van der Waals surface area contributed by atoms with Crippen LogP contribution in [0, 0.1) is 17.7 Å². The molecule has 0 radical (unpaired) electrons. The maximum atomic E-state index is 13.6. The van der Waals surface area contributed by atoms with Crippen LogP contribution in [0.25, 0.3) is 0 Å². The molecule has 0 atom stereocenters. The predicted octanol–water partition coefficient (Wildman–Crippen LogP) is 2.69. The Hall–Kier alpha value is -1.86. The van der Waals surface area contributed by atoms with Crippen LogP contribution in [0.5, 0.6) is 0 Å². The van der Waals surface area contributed by atoms with Crippen LogP contribution in [0.1, 0.15) is 38.2 Å². The quantitative estimate of drug-likeness (QED) is 0.634. The van der Waals surface area contributed by atoms with Crippen molar-refractivity contribution in [1.29, 1.82) is 0 Å². The first-order chi connectivity index (χ1) is 9.17. The van der Waals surface area contributed by atoms with Crippen molar-refractivity contribution in [3.05, 3.63) is 29.6 Å². The summed E-state index contributed by atoms with van der Waals surface area (Å²) in [6, 6.07) is 4.32. The van der Waals surface area contributed by atoms with Crippen molar-refractivity contribution >= 4 is 11.6 Å². The number of amides is 1. The average molecular weight is 263 g/mol. The molecule has 1 aromatic rings. The van der Waals surface area contributed by atoms with E-state index in [1.165, 1.54) is 12.1 Å². The zero-order valence-electron chi connectivity index (χ0n) is 11.0. The van der Waals surface area contributed by atoms with Crippen molar-refractivity contribution in [2.45, 2.75) is 32.6 Å². The highest BCUT2D eigenvalue weighted by Gasteiger charge is 2.05. The smallest absolute Gasteiger partial charge is 0.224 e. The Morgan fingerprint density at radius 1 is 1.42 bits per heavy atom. The average Bonchev–Trinajstić information content (AvgIpc) is 2.38. The minimum atomic E-state index is -0.507. The lowest BCUT2D eigenvalue weighted by Gasteiger charge is -2.05. The molecule has 0 aliphatic rings. The molecule has 0 heterocycles. The molecule has 0 spiro atoms. The number of unbranched alkanes of at least 4 members (excludes halogenated alkanes) is 2. The van der Waals surface area contributed by atoms with Gasteiger partial charge in [-0.15, -0.1) is 0 Å². The summed E-state index contributed by atoms with van der Waals surface area (Å²) < 4.78 is 13.6. The summed E-state index contributed by atoms with van der Waals surface area (Å²) in [6.45, 7) is 1.76. The Bertz CT molecular complexity index is 489.